The van der Waals surface area contributed by atoms with Gasteiger partial charge in [0.25, 0.3) is 0 Å². The van der Waals surface area contributed by atoms with Gasteiger partial charge in [0.15, 0.2) is 6.10 Å². The first-order chi connectivity index (χ1) is 28.8. The molecule has 0 radical (unpaired) electrons. The number of hydrogen-bond donors (Lipinski definition) is 5. The number of rotatable bonds is 39. The van der Waals surface area contributed by atoms with Crippen LogP contribution in [0.2, 0.25) is 0 Å². The second-order valence-electron chi connectivity index (χ2n) is 14.1. The molecule has 5 N–H and O–H groups in total. The van der Waals surface area contributed by atoms with Crippen LogP contribution in [0.4, 0.5) is 0 Å². The number of ether oxygens (including phenoxy) is 2. The number of aliphatic hydroxyl groups excluding tert-OH is 2. The van der Waals surface area contributed by atoms with Gasteiger partial charge < -0.3 is 34.4 Å². The predicted octanol–water partition coefficient (Wildman–Crippen LogP) is 9.75. The van der Waals surface area contributed by atoms with E-state index in [2.05, 4.69) is 65.4 Å². The molecule has 0 aromatic heterocycles. The Kier molecular flexibility index (Phi) is 37.3. The summed E-state index contributed by atoms with van der Waals surface area (Å²) in [6.45, 7) is 1.42. The van der Waals surface area contributed by atoms with E-state index in [1.165, 1.54) is 19.3 Å². The van der Waals surface area contributed by atoms with Gasteiger partial charge in [0.05, 0.1) is 25.9 Å². The maximum Gasteiger partial charge on any atom is 0.472 e. The Balaban J connectivity index is 4.73. The zero-order valence-corrected chi connectivity index (χ0v) is 37.7. The highest BCUT2D eigenvalue weighted by Crippen LogP contribution is 2.43. The van der Waals surface area contributed by atoms with Gasteiger partial charge in [-0.3, -0.25) is 23.2 Å². The topological polar surface area (TPSA) is 216 Å². The largest absolute Gasteiger partial charge is 0.472 e. The second-order valence-corrected chi connectivity index (χ2v) is 16.8. The van der Waals surface area contributed by atoms with Crippen LogP contribution in [0.3, 0.4) is 0 Å². The average Bonchev–Trinajstić information content (AvgIpc) is 3.20. The summed E-state index contributed by atoms with van der Waals surface area (Å²) in [5, 5.41) is 19.8. The van der Waals surface area contributed by atoms with Crippen molar-refractivity contribution in [1.82, 2.24) is 0 Å². The van der Waals surface area contributed by atoms with E-state index < -0.39 is 72.3 Å². The number of phosphoric ester groups is 2. The minimum atomic E-state index is -4.88. The van der Waals surface area contributed by atoms with E-state index in [1.807, 2.05) is 36.5 Å². The van der Waals surface area contributed by atoms with Crippen LogP contribution in [-0.2, 0) is 41.8 Å². The van der Waals surface area contributed by atoms with E-state index in [9.17, 15) is 33.8 Å². The molecule has 0 spiro atoms. The Hall–Kier alpha value is -2.74. The molecule has 60 heavy (non-hydrogen) atoms. The summed E-state index contributed by atoms with van der Waals surface area (Å²) in [7, 11) is -9.73. The third-order valence-corrected chi connectivity index (χ3v) is 9.77. The van der Waals surface area contributed by atoms with E-state index in [-0.39, 0.29) is 12.8 Å². The van der Waals surface area contributed by atoms with Gasteiger partial charge >= 0.3 is 27.6 Å². The summed E-state index contributed by atoms with van der Waals surface area (Å²) in [5.41, 5.74) is 0. The van der Waals surface area contributed by atoms with Gasteiger partial charge in [-0.05, 0) is 77.0 Å². The molecule has 0 aliphatic carbocycles. The number of aliphatic hydroxyl groups is 2. The van der Waals surface area contributed by atoms with Gasteiger partial charge in [-0.1, -0.05) is 131 Å². The molecular weight excluding hydrogens is 814 g/mol. The Labute approximate surface area is 359 Å². The summed E-state index contributed by atoms with van der Waals surface area (Å²) in [6.07, 6.45) is 40.3. The van der Waals surface area contributed by atoms with Gasteiger partial charge in [-0.25, -0.2) is 9.13 Å². The van der Waals surface area contributed by atoms with Crippen molar-refractivity contribution in [2.75, 3.05) is 26.4 Å². The first kappa shape index (κ1) is 57.3. The fourth-order valence-electron chi connectivity index (χ4n) is 5.08. The first-order valence-corrected chi connectivity index (χ1v) is 24.4. The lowest BCUT2D eigenvalue weighted by Crippen LogP contribution is -2.29. The molecule has 1 unspecified atom stereocenters. The Bertz CT molecular complexity index is 1400. The van der Waals surface area contributed by atoms with Gasteiger partial charge in [0, 0.05) is 12.8 Å². The van der Waals surface area contributed by atoms with Crippen LogP contribution >= 0.6 is 15.6 Å². The van der Waals surface area contributed by atoms with Crippen molar-refractivity contribution in [3.05, 3.63) is 85.1 Å². The molecule has 344 valence electrons. The first-order valence-electron chi connectivity index (χ1n) is 21.4. The number of esters is 2. The molecule has 0 aliphatic heterocycles. The lowest BCUT2D eigenvalue weighted by molar-refractivity contribution is -0.161. The minimum Gasteiger partial charge on any atom is -0.462 e. The monoisotopic (exact) mass is 888 g/mol. The quantitative estimate of drug-likeness (QED) is 0.0128. The molecule has 0 saturated carbocycles. The highest BCUT2D eigenvalue weighted by Gasteiger charge is 2.28. The van der Waals surface area contributed by atoms with E-state index >= 15 is 0 Å². The number of hydrogen-bond acceptors (Lipinski definition) is 11. The van der Waals surface area contributed by atoms with Crippen molar-refractivity contribution < 1.29 is 66.7 Å². The molecule has 0 aliphatic rings. The molecule has 0 bridgehead atoms. The maximum absolute atomic E-state index is 12.6. The van der Waals surface area contributed by atoms with Crippen LogP contribution in [0.1, 0.15) is 136 Å². The van der Waals surface area contributed by atoms with Crippen molar-refractivity contribution in [3.8, 4) is 0 Å². The number of carbonyl (C=O) groups excluding carboxylic acids is 2. The molecule has 14 nitrogen and oxygen atoms in total. The van der Waals surface area contributed by atoms with Crippen molar-refractivity contribution in [2.24, 2.45) is 0 Å². The highest BCUT2D eigenvalue weighted by atomic mass is 31.2. The van der Waals surface area contributed by atoms with Gasteiger partial charge in [-0.15, -0.1) is 0 Å². The van der Waals surface area contributed by atoms with Crippen molar-refractivity contribution in [3.63, 3.8) is 0 Å². The van der Waals surface area contributed by atoms with E-state index in [4.69, 9.17) is 23.8 Å². The molecule has 0 heterocycles. The molecule has 0 amide bonds. The molecule has 0 fully saturated rings. The Morgan fingerprint density at radius 1 is 0.567 bits per heavy atom. The predicted molar refractivity (Wildman–Crippen MR) is 236 cm³/mol. The minimum absolute atomic E-state index is 0.0129. The van der Waals surface area contributed by atoms with Gasteiger partial charge in [0.1, 0.15) is 12.7 Å². The molecule has 4 atom stereocenters. The van der Waals surface area contributed by atoms with E-state index in [0.717, 1.165) is 57.8 Å². The summed E-state index contributed by atoms with van der Waals surface area (Å²) in [4.78, 5) is 52.6. The molecular formula is C44H74O14P2. The fraction of sp³-hybridized carbons (Fsp3) is 0.636. The molecule has 0 saturated heterocycles. The van der Waals surface area contributed by atoms with Crippen LogP contribution < -0.4 is 0 Å². The van der Waals surface area contributed by atoms with Crippen LogP contribution in [0.25, 0.3) is 0 Å². The molecule has 0 rings (SSSR count). The second kappa shape index (κ2) is 39.1. The summed E-state index contributed by atoms with van der Waals surface area (Å²) < 4.78 is 47.6. The number of carbonyl (C=O) groups is 2. The third-order valence-electron chi connectivity index (χ3n) is 8.34. The highest BCUT2D eigenvalue weighted by molar-refractivity contribution is 7.47. The molecule has 0 aromatic carbocycles. The summed E-state index contributed by atoms with van der Waals surface area (Å²) >= 11 is 0. The average molecular weight is 889 g/mol. The van der Waals surface area contributed by atoms with Gasteiger partial charge in [-0.2, -0.15) is 0 Å². The SMILES string of the molecule is CC/C=C\C/C=C\C/C=C\CCCCCCCC(=O)OC[C@H](COP(=O)(O)OC[C@@H](O)COP(=O)(O)O)OC(=O)CCC/C=C/C/C=C\C[C@@H](O)/C=C\C=C/CCCCC. The third kappa shape index (κ3) is 42.0. The zero-order chi connectivity index (χ0) is 44.6. The lowest BCUT2D eigenvalue weighted by atomic mass is 10.1. The molecule has 16 heteroatoms. The van der Waals surface area contributed by atoms with Gasteiger partial charge in [0.2, 0.25) is 0 Å². The normalized spacial score (nSPS) is 15.4. The fourth-order valence-corrected chi connectivity index (χ4v) is 6.24. The van der Waals surface area contributed by atoms with E-state index in [0.29, 0.717) is 32.1 Å². The number of phosphoric acid groups is 2. The Morgan fingerprint density at radius 3 is 1.80 bits per heavy atom. The van der Waals surface area contributed by atoms with Crippen LogP contribution in [-0.4, -0.2) is 81.6 Å². The zero-order valence-electron chi connectivity index (χ0n) is 35.9. The Morgan fingerprint density at radius 2 is 1.12 bits per heavy atom. The summed E-state index contributed by atoms with van der Waals surface area (Å²) in [6, 6.07) is 0. The van der Waals surface area contributed by atoms with Crippen molar-refractivity contribution >= 4 is 27.6 Å². The van der Waals surface area contributed by atoms with E-state index in [1.54, 1.807) is 6.08 Å². The van der Waals surface area contributed by atoms with Crippen LogP contribution in [0.15, 0.2) is 85.1 Å². The van der Waals surface area contributed by atoms with Crippen LogP contribution in [0, 0.1) is 0 Å². The number of unbranched alkanes of at least 4 members (excludes halogenated alkanes) is 9. The maximum atomic E-state index is 12.6. The van der Waals surface area contributed by atoms with Crippen molar-refractivity contribution in [1.29, 1.82) is 0 Å². The summed E-state index contributed by atoms with van der Waals surface area (Å²) in [5.74, 6) is -1.17. The smallest absolute Gasteiger partial charge is 0.462 e. The standard InChI is InChI=1S/C44H74O14P2/c1-3-5-7-9-11-12-13-14-15-16-17-18-22-26-30-34-43(47)54-38-42(39-57-60(52,53)56-37-41(46)36-55-59(49,50)51)58-44(48)35-31-27-23-19-21-25-29-33-40(45)32-28-24-20-10-8-6-4-2/h5,7,11-12,14-15,19-20,23-25,28-29,32,40-42,45-46H,3-4,6,8-10,13,16-18,21-22,26-27,30-31,33-39H2,1-2H3,(H,52,53)(H2,49,50,51)/b7-5-,12-11-,15-14-,23-19+,24-20-,29-25-,32-28-/t40-,41-,42+/m0/s1. The van der Waals surface area contributed by atoms with Crippen molar-refractivity contribution in [2.45, 2.75) is 154 Å². The van der Waals surface area contributed by atoms with Crippen LogP contribution in [0.5, 0.6) is 0 Å². The molecule has 0 aromatic rings. The lowest BCUT2D eigenvalue weighted by Gasteiger charge is -2.20. The number of allylic oxidation sites excluding steroid dienone is 12.